The first kappa shape index (κ1) is 14.9. The van der Waals surface area contributed by atoms with Gasteiger partial charge in [0, 0.05) is 50.5 Å². The van der Waals surface area contributed by atoms with Crippen molar-refractivity contribution in [1.29, 1.82) is 0 Å². The highest BCUT2D eigenvalue weighted by atomic mass is 16.2. The molecule has 24 heavy (non-hydrogen) atoms. The van der Waals surface area contributed by atoms with Gasteiger partial charge >= 0.3 is 0 Å². The molecule has 4 rings (SSSR count). The predicted molar refractivity (Wildman–Crippen MR) is 88.8 cm³/mol. The van der Waals surface area contributed by atoms with Crippen LogP contribution in [0.1, 0.15) is 42.1 Å². The van der Waals surface area contributed by atoms with Gasteiger partial charge in [0.25, 0.3) is 5.91 Å². The Morgan fingerprint density at radius 3 is 3.04 bits per heavy atom. The van der Waals surface area contributed by atoms with Crippen LogP contribution in [0.15, 0.2) is 37.1 Å². The third kappa shape index (κ3) is 2.55. The van der Waals surface area contributed by atoms with Gasteiger partial charge < -0.3 is 9.47 Å². The van der Waals surface area contributed by atoms with Gasteiger partial charge in [-0.15, -0.1) is 0 Å². The first-order valence-electron chi connectivity index (χ1n) is 8.37. The van der Waals surface area contributed by atoms with Crippen LogP contribution >= 0.6 is 0 Å². The fourth-order valence-corrected chi connectivity index (χ4v) is 3.41. The predicted octanol–water partition coefficient (Wildman–Crippen LogP) is 1.97. The van der Waals surface area contributed by atoms with Crippen LogP contribution in [0.3, 0.4) is 0 Å². The molecule has 1 atom stereocenters. The van der Waals surface area contributed by atoms with E-state index in [0.717, 1.165) is 31.6 Å². The van der Waals surface area contributed by atoms with Crippen molar-refractivity contribution in [3.63, 3.8) is 0 Å². The van der Waals surface area contributed by atoms with Crippen molar-refractivity contribution in [2.45, 2.75) is 32.2 Å². The lowest BCUT2D eigenvalue weighted by molar-refractivity contribution is 0.0672. The molecular formula is C17H20N6O. The summed E-state index contributed by atoms with van der Waals surface area (Å²) in [7, 11) is 0. The first-order valence-corrected chi connectivity index (χ1v) is 8.37. The summed E-state index contributed by atoms with van der Waals surface area (Å²) in [6, 6.07) is 2.11. The van der Waals surface area contributed by atoms with Gasteiger partial charge in [-0.2, -0.15) is 0 Å². The number of likely N-dealkylation sites (tertiary alicyclic amines) is 1. The highest BCUT2D eigenvalue weighted by molar-refractivity contribution is 5.92. The highest BCUT2D eigenvalue weighted by Crippen LogP contribution is 2.24. The van der Waals surface area contributed by atoms with E-state index in [2.05, 4.69) is 26.4 Å². The van der Waals surface area contributed by atoms with Gasteiger partial charge in [0.15, 0.2) is 0 Å². The Kier molecular flexibility index (Phi) is 3.76. The van der Waals surface area contributed by atoms with Gasteiger partial charge in [-0.1, -0.05) is 6.92 Å². The molecule has 0 spiro atoms. The number of hydrogen-bond donors (Lipinski definition) is 0. The molecule has 7 heteroatoms. The number of amides is 1. The summed E-state index contributed by atoms with van der Waals surface area (Å²) in [5.74, 6) is 1.60. The Balaban J connectivity index is 1.56. The van der Waals surface area contributed by atoms with Crippen LogP contribution in [0.25, 0.3) is 5.78 Å². The lowest BCUT2D eigenvalue weighted by atomic mass is 10.0. The van der Waals surface area contributed by atoms with E-state index in [1.54, 1.807) is 16.8 Å². The largest absolute Gasteiger partial charge is 0.335 e. The third-order valence-corrected chi connectivity index (χ3v) is 4.60. The minimum atomic E-state index is -0.0247. The van der Waals surface area contributed by atoms with E-state index in [4.69, 9.17) is 0 Å². The number of hydrogen-bond acceptors (Lipinski definition) is 4. The van der Waals surface area contributed by atoms with E-state index in [9.17, 15) is 4.79 Å². The minimum Gasteiger partial charge on any atom is -0.335 e. The molecule has 0 aliphatic carbocycles. The molecule has 3 aromatic heterocycles. The summed E-state index contributed by atoms with van der Waals surface area (Å²) >= 11 is 0. The molecule has 1 aliphatic rings. The third-order valence-electron chi connectivity index (χ3n) is 4.60. The van der Waals surface area contributed by atoms with Crippen molar-refractivity contribution < 1.29 is 4.79 Å². The van der Waals surface area contributed by atoms with Crippen LogP contribution in [0.2, 0.25) is 0 Å². The van der Waals surface area contributed by atoms with Gasteiger partial charge in [0.2, 0.25) is 5.78 Å². The zero-order valence-corrected chi connectivity index (χ0v) is 13.7. The molecule has 3 aromatic rings. The SMILES string of the molecule is CCc1nccn1C1CCCN(C(=O)c2cn3cccnc3n2)C1. The molecule has 1 aliphatic heterocycles. The Morgan fingerprint density at radius 1 is 1.29 bits per heavy atom. The Hall–Kier alpha value is -2.70. The quantitative estimate of drug-likeness (QED) is 0.738. The molecule has 0 N–H and O–H groups in total. The summed E-state index contributed by atoms with van der Waals surface area (Å²) in [5.41, 5.74) is 0.454. The molecule has 0 bridgehead atoms. The van der Waals surface area contributed by atoms with Crippen LogP contribution in [-0.4, -0.2) is 47.8 Å². The summed E-state index contributed by atoms with van der Waals surface area (Å²) in [4.78, 5) is 27.7. The number of aromatic nitrogens is 5. The average molecular weight is 324 g/mol. The molecule has 1 fully saturated rings. The van der Waals surface area contributed by atoms with Gasteiger partial charge in [-0.3, -0.25) is 9.20 Å². The Bertz CT molecular complexity index is 834. The Morgan fingerprint density at radius 2 is 2.21 bits per heavy atom. The number of piperidine rings is 1. The fraction of sp³-hybridized carbons (Fsp3) is 0.412. The van der Waals surface area contributed by atoms with Crippen LogP contribution in [-0.2, 0) is 6.42 Å². The van der Waals surface area contributed by atoms with Crippen molar-refractivity contribution in [3.05, 3.63) is 48.6 Å². The molecule has 0 saturated carbocycles. The lowest BCUT2D eigenvalue weighted by Gasteiger charge is -2.33. The molecule has 0 radical (unpaired) electrons. The second-order valence-electron chi connectivity index (χ2n) is 6.10. The monoisotopic (exact) mass is 324 g/mol. The summed E-state index contributed by atoms with van der Waals surface area (Å²) < 4.78 is 3.99. The Labute approximate surface area is 140 Å². The summed E-state index contributed by atoms with van der Waals surface area (Å²) in [6.07, 6.45) is 12.1. The number of imidazole rings is 2. The van der Waals surface area contributed by atoms with Crippen LogP contribution in [0.5, 0.6) is 0 Å². The molecule has 124 valence electrons. The van der Waals surface area contributed by atoms with Crippen molar-refractivity contribution in [2.24, 2.45) is 0 Å². The molecule has 7 nitrogen and oxygen atoms in total. The summed E-state index contributed by atoms with van der Waals surface area (Å²) in [5, 5.41) is 0. The number of aryl methyl sites for hydroxylation is 1. The molecule has 1 amide bonds. The maximum Gasteiger partial charge on any atom is 0.274 e. The first-order chi connectivity index (χ1) is 11.8. The maximum atomic E-state index is 12.8. The topological polar surface area (TPSA) is 68.3 Å². The zero-order valence-electron chi connectivity index (χ0n) is 13.7. The average Bonchev–Trinajstić information content (AvgIpc) is 3.27. The van der Waals surface area contributed by atoms with Crippen molar-refractivity contribution in [1.82, 2.24) is 28.8 Å². The van der Waals surface area contributed by atoms with E-state index >= 15 is 0 Å². The fourth-order valence-electron chi connectivity index (χ4n) is 3.41. The van der Waals surface area contributed by atoms with Crippen LogP contribution in [0.4, 0.5) is 0 Å². The second kappa shape index (κ2) is 6.07. The lowest BCUT2D eigenvalue weighted by Crippen LogP contribution is -2.41. The zero-order chi connectivity index (χ0) is 16.5. The van der Waals surface area contributed by atoms with Gasteiger partial charge in [-0.05, 0) is 18.9 Å². The molecular weight excluding hydrogens is 304 g/mol. The van der Waals surface area contributed by atoms with Gasteiger partial charge in [0.05, 0.1) is 6.04 Å². The van der Waals surface area contributed by atoms with E-state index in [1.165, 1.54) is 0 Å². The summed E-state index contributed by atoms with van der Waals surface area (Å²) in [6.45, 7) is 3.57. The number of rotatable bonds is 3. The normalized spacial score (nSPS) is 18.2. The smallest absolute Gasteiger partial charge is 0.274 e. The second-order valence-corrected chi connectivity index (χ2v) is 6.10. The van der Waals surface area contributed by atoms with Crippen molar-refractivity contribution >= 4 is 11.7 Å². The highest BCUT2D eigenvalue weighted by Gasteiger charge is 2.27. The van der Waals surface area contributed by atoms with Gasteiger partial charge in [0.1, 0.15) is 11.5 Å². The molecule has 4 heterocycles. The number of carbonyl (C=O) groups is 1. The van der Waals surface area contributed by atoms with Crippen LogP contribution in [0, 0.1) is 0 Å². The number of nitrogens with zero attached hydrogens (tertiary/aromatic N) is 6. The standard InChI is InChI=1S/C17H20N6O/c1-2-15-18-7-10-23(15)13-5-3-8-21(11-13)16(24)14-12-22-9-4-6-19-17(22)20-14/h4,6-7,9-10,12-13H,2-3,5,8,11H2,1H3. The number of carbonyl (C=O) groups excluding carboxylic acids is 1. The van der Waals surface area contributed by atoms with E-state index in [-0.39, 0.29) is 11.9 Å². The maximum absolute atomic E-state index is 12.8. The molecule has 1 saturated heterocycles. The molecule has 1 unspecified atom stereocenters. The van der Waals surface area contributed by atoms with Crippen molar-refractivity contribution in [2.75, 3.05) is 13.1 Å². The van der Waals surface area contributed by atoms with Gasteiger partial charge in [-0.25, -0.2) is 15.0 Å². The number of fused-ring (bicyclic) bond motifs is 1. The van der Waals surface area contributed by atoms with E-state index < -0.39 is 0 Å². The van der Waals surface area contributed by atoms with E-state index in [1.807, 2.05) is 29.6 Å². The van der Waals surface area contributed by atoms with E-state index in [0.29, 0.717) is 18.0 Å². The molecule has 0 aromatic carbocycles. The minimum absolute atomic E-state index is 0.0247. The van der Waals surface area contributed by atoms with Crippen molar-refractivity contribution in [3.8, 4) is 0 Å². The van der Waals surface area contributed by atoms with Crippen LogP contribution < -0.4 is 0 Å².